The van der Waals surface area contributed by atoms with Gasteiger partial charge < -0.3 is 15.0 Å². The molecule has 0 radical (unpaired) electrons. The first-order chi connectivity index (χ1) is 13.8. The van der Waals surface area contributed by atoms with Crippen LogP contribution in [0.3, 0.4) is 0 Å². The van der Waals surface area contributed by atoms with E-state index in [0.29, 0.717) is 37.3 Å². The quantitative estimate of drug-likeness (QED) is 0.509. The lowest BCUT2D eigenvalue weighted by molar-refractivity contribution is -0.142. The van der Waals surface area contributed by atoms with E-state index >= 15 is 0 Å². The number of nitrogens with one attached hydrogen (secondary N) is 1. The van der Waals surface area contributed by atoms with E-state index in [4.69, 9.17) is 39.5 Å². The summed E-state index contributed by atoms with van der Waals surface area (Å²) in [7, 11) is 1.53. The Morgan fingerprint density at radius 2 is 1.83 bits per heavy atom. The SMILES string of the molecule is CC[C@H](C(=O)NC)N(Cc1c(Cl)cccc1Cl)C(=O)COc1ccc(Cl)cc1Br. The molecule has 0 unspecified atom stereocenters. The predicted octanol–water partition coefficient (Wildman–Crippen LogP) is 5.34. The zero-order chi connectivity index (χ0) is 21.6. The molecular weight excluding hydrogens is 502 g/mol. The number of benzene rings is 2. The minimum atomic E-state index is -0.697. The highest BCUT2D eigenvalue weighted by Crippen LogP contribution is 2.29. The molecule has 9 heteroatoms. The molecule has 0 aliphatic rings. The summed E-state index contributed by atoms with van der Waals surface area (Å²) < 4.78 is 6.27. The topological polar surface area (TPSA) is 58.6 Å². The minimum Gasteiger partial charge on any atom is -0.483 e. The summed E-state index contributed by atoms with van der Waals surface area (Å²) >= 11 is 21.8. The molecule has 0 aliphatic carbocycles. The van der Waals surface area contributed by atoms with Crippen LogP contribution in [0.1, 0.15) is 18.9 Å². The van der Waals surface area contributed by atoms with Crippen LogP contribution in [0.2, 0.25) is 15.1 Å². The Hall–Kier alpha value is -1.47. The third-order valence-electron chi connectivity index (χ3n) is 4.27. The molecule has 0 aliphatic heterocycles. The summed E-state index contributed by atoms with van der Waals surface area (Å²) in [5.41, 5.74) is 0.569. The average molecular weight is 523 g/mol. The molecule has 0 spiro atoms. The number of ether oxygens (including phenoxy) is 1. The molecule has 1 atom stereocenters. The lowest BCUT2D eigenvalue weighted by Crippen LogP contribution is -2.49. The Labute approximate surface area is 193 Å². The number of rotatable bonds is 8. The number of likely N-dealkylation sites (N-methyl/N-ethyl adjacent to an activating group) is 1. The van der Waals surface area contributed by atoms with Crippen molar-refractivity contribution in [3.63, 3.8) is 0 Å². The van der Waals surface area contributed by atoms with Crippen LogP contribution in [0.25, 0.3) is 0 Å². The van der Waals surface area contributed by atoms with Crippen molar-refractivity contribution in [3.05, 3.63) is 61.5 Å². The third-order valence-corrected chi connectivity index (χ3v) is 5.83. The van der Waals surface area contributed by atoms with Gasteiger partial charge >= 0.3 is 0 Å². The van der Waals surface area contributed by atoms with Gasteiger partial charge in [-0.15, -0.1) is 0 Å². The van der Waals surface area contributed by atoms with E-state index in [2.05, 4.69) is 21.2 Å². The fourth-order valence-corrected chi connectivity index (χ4v) is 4.07. The predicted molar refractivity (Wildman–Crippen MR) is 120 cm³/mol. The van der Waals surface area contributed by atoms with Gasteiger partial charge in [-0.3, -0.25) is 9.59 Å². The Morgan fingerprint density at radius 3 is 2.38 bits per heavy atom. The number of hydrogen-bond acceptors (Lipinski definition) is 3. The van der Waals surface area contributed by atoms with E-state index in [0.717, 1.165) is 0 Å². The fourth-order valence-electron chi connectivity index (χ4n) is 2.75. The molecule has 156 valence electrons. The summed E-state index contributed by atoms with van der Waals surface area (Å²) in [5.74, 6) is -0.193. The standard InChI is InChI=1S/C20H20BrCl3N2O3/c1-3-17(20(28)25-2)26(10-13-15(23)5-4-6-16(13)24)19(27)11-29-18-8-7-12(22)9-14(18)21/h4-9,17H,3,10-11H2,1-2H3,(H,25,28)/t17-/m1/s1. The highest BCUT2D eigenvalue weighted by atomic mass is 79.9. The molecule has 0 saturated heterocycles. The Balaban J connectivity index is 2.28. The van der Waals surface area contributed by atoms with Gasteiger partial charge in [0.2, 0.25) is 5.91 Å². The Bertz CT molecular complexity index is 875. The molecule has 2 rings (SSSR count). The molecular formula is C20H20BrCl3N2O3. The summed E-state index contributed by atoms with van der Waals surface area (Å²) in [5, 5.41) is 3.97. The van der Waals surface area contributed by atoms with E-state index in [1.807, 2.05) is 6.92 Å². The van der Waals surface area contributed by atoms with Crippen molar-refractivity contribution in [1.82, 2.24) is 10.2 Å². The smallest absolute Gasteiger partial charge is 0.261 e. The van der Waals surface area contributed by atoms with Crippen molar-refractivity contribution in [2.45, 2.75) is 25.9 Å². The first-order valence-electron chi connectivity index (χ1n) is 8.80. The molecule has 0 fully saturated rings. The van der Waals surface area contributed by atoms with Crippen LogP contribution >= 0.6 is 50.7 Å². The first-order valence-corrected chi connectivity index (χ1v) is 10.7. The first kappa shape index (κ1) is 23.8. The highest BCUT2D eigenvalue weighted by Gasteiger charge is 2.29. The van der Waals surface area contributed by atoms with Gasteiger partial charge in [0.05, 0.1) is 4.47 Å². The fraction of sp³-hybridized carbons (Fsp3) is 0.300. The van der Waals surface area contributed by atoms with Gasteiger partial charge in [-0.25, -0.2) is 0 Å². The largest absolute Gasteiger partial charge is 0.483 e. The second-order valence-corrected chi connectivity index (χ2v) is 8.23. The molecule has 2 aromatic rings. The maximum absolute atomic E-state index is 13.0. The van der Waals surface area contributed by atoms with Gasteiger partial charge in [0.15, 0.2) is 6.61 Å². The van der Waals surface area contributed by atoms with Crippen LogP contribution in [0.5, 0.6) is 5.75 Å². The van der Waals surface area contributed by atoms with Gasteiger partial charge in [0.1, 0.15) is 11.8 Å². The molecule has 1 N–H and O–H groups in total. The van der Waals surface area contributed by atoms with E-state index in [-0.39, 0.29) is 25.0 Å². The van der Waals surface area contributed by atoms with E-state index in [1.54, 1.807) is 36.4 Å². The molecule has 2 aromatic carbocycles. The van der Waals surface area contributed by atoms with Crippen LogP contribution in [0.4, 0.5) is 0 Å². The summed E-state index contributed by atoms with van der Waals surface area (Å²) in [6.07, 6.45) is 0.415. The van der Waals surface area contributed by atoms with Crippen LogP contribution < -0.4 is 10.1 Å². The maximum atomic E-state index is 13.0. The van der Waals surface area contributed by atoms with Crippen molar-refractivity contribution >= 4 is 62.5 Å². The third kappa shape index (κ3) is 6.25. The van der Waals surface area contributed by atoms with Crippen molar-refractivity contribution in [2.75, 3.05) is 13.7 Å². The van der Waals surface area contributed by atoms with Crippen LogP contribution in [0.15, 0.2) is 40.9 Å². The second-order valence-electron chi connectivity index (χ2n) is 6.12. The summed E-state index contributed by atoms with van der Waals surface area (Å²) in [6.45, 7) is 1.63. The molecule has 0 saturated carbocycles. The second kappa shape index (κ2) is 11.1. The van der Waals surface area contributed by atoms with Crippen molar-refractivity contribution in [3.8, 4) is 5.75 Å². The number of hydrogen-bond donors (Lipinski definition) is 1. The Morgan fingerprint density at radius 1 is 1.17 bits per heavy atom. The van der Waals surface area contributed by atoms with Crippen molar-refractivity contribution in [1.29, 1.82) is 0 Å². The number of carbonyl (C=O) groups excluding carboxylic acids is 2. The molecule has 0 bridgehead atoms. The summed E-state index contributed by atoms with van der Waals surface area (Å²) in [6, 6.07) is 9.38. The van der Waals surface area contributed by atoms with Gasteiger partial charge in [0, 0.05) is 34.2 Å². The zero-order valence-electron chi connectivity index (χ0n) is 15.8. The Kier molecular flexibility index (Phi) is 9.08. The minimum absolute atomic E-state index is 0.0778. The van der Waals surface area contributed by atoms with E-state index in [9.17, 15) is 9.59 Å². The zero-order valence-corrected chi connectivity index (χ0v) is 19.7. The normalized spacial score (nSPS) is 11.7. The number of carbonyl (C=O) groups is 2. The average Bonchev–Trinajstić information content (AvgIpc) is 2.68. The monoisotopic (exact) mass is 520 g/mol. The van der Waals surface area contributed by atoms with Crippen molar-refractivity contribution < 1.29 is 14.3 Å². The van der Waals surface area contributed by atoms with Gasteiger partial charge in [-0.1, -0.05) is 47.8 Å². The molecule has 0 aromatic heterocycles. The molecule has 2 amide bonds. The maximum Gasteiger partial charge on any atom is 0.261 e. The van der Waals surface area contributed by atoms with Crippen LogP contribution in [-0.2, 0) is 16.1 Å². The van der Waals surface area contributed by atoms with Gasteiger partial charge in [0.25, 0.3) is 5.91 Å². The highest BCUT2D eigenvalue weighted by molar-refractivity contribution is 9.10. The van der Waals surface area contributed by atoms with Crippen molar-refractivity contribution in [2.24, 2.45) is 0 Å². The number of amides is 2. The lowest BCUT2D eigenvalue weighted by Gasteiger charge is -2.30. The molecule has 29 heavy (non-hydrogen) atoms. The van der Waals surface area contributed by atoms with E-state index in [1.165, 1.54) is 11.9 Å². The lowest BCUT2D eigenvalue weighted by atomic mass is 10.1. The van der Waals surface area contributed by atoms with Crippen LogP contribution in [-0.4, -0.2) is 36.4 Å². The summed E-state index contributed by atoms with van der Waals surface area (Å²) in [4.78, 5) is 26.8. The van der Waals surface area contributed by atoms with Crippen LogP contribution in [0, 0.1) is 0 Å². The molecule has 5 nitrogen and oxygen atoms in total. The van der Waals surface area contributed by atoms with E-state index < -0.39 is 6.04 Å². The number of halogens is 4. The molecule has 0 heterocycles. The van der Waals surface area contributed by atoms with Gasteiger partial charge in [-0.05, 0) is 52.7 Å². The van der Waals surface area contributed by atoms with Gasteiger partial charge in [-0.2, -0.15) is 0 Å². The number of nitrogens with zero attached hydrogens (tertiary/aromatic N) is 1.